The van der Waals surface area contributed by atoms with Gasteiger partial charge in [-0.25, -0.2) is 4.90 Å². The Labute approximate surface area is 71.1 Å². The van der Waals surface area contributed by atoms with Crippen molar-refractivity contribution in [2.45, 2.75) is 29.7 Å². The van der Waals surface area contributed by atoms with E-state index in [9.17, 15) is 0 Å². The summed E-state index contributed by atoms with van der Waals surface area (Å²) in [5, 5.41) is 24.4. The molecule has 0 heterocycles. The fourth-order valence-corrected chi connectivity index (χ4v) is 0.134. The summed E-state index contributed by atoms with van der Waals surface area (Å²) in [6.07, 6.45) is 0. The fourth-order valence-electron chi connectivity index (χ4n) is 0.134. The van der Waals surface area contributed by atoms with Gasteiger partial charge in [-0.2, -0.15) is 0 Å². The normalized spacial score (nSPS) is 6.55. The van der Waals surface area contributed by atoms with Crippen LogP contribution in [0.1, 0.15) is 29.7 Å². The van der Waals surface area contributed by atoms with Gasteiger partial charge in [-0.3, -0.25) is 0 Å². The van der Waals surface area contributed by atoms with Gasteiger partial charge in [0.15, 0.2) is 0 Å². The van der Waals surface area contributed by atoms with Gasteiger partial charge in [0.1, 0.15) is 0 Å². The number of aliphatic hydroxyl groups is 3. The maximum atomic E-state index is 8.13. The summed E-state index contributed by atoms with van der Waals surface area (Å²) in [6.45, 7) is -0.938. The Hall–Kier alpha value is -0.160. The highest BCUT2D eigenvalue weighted by atomic mass is 16.3. The predicted molar refractivity (Wildman–Crippen MR) is 50.0 cm³/mol. The van der Waals surface area contributed by atoms with Crippen molar-refractivity contribution < 1.29 is 15.3 Å². The minimum absolute atomic E-state index is 0. The van der Waals surface area contributed by atoms with Crippen LogP contribution in [0.25, 0.3) is 0 Å². The van der Waals surface area contributed by atoms with E-state index in [2.05, 4.69) is 0 Å². The molecule has 0 saturated heterocycles. The molecule has 0 amide bonds. The van der Waals surface area contributed by atoms with Crippen molar-refractivity contribution in [3.8, 4) is 0 Å². The summed E-state index contributed by atoms with van der Waals surface area (Å²) in [4.78, 5) is 1.04. The van der Waals surface area contributed by atoms with Crippen LogP contribution in [0.5, 0.6) is 0 Å². The van der Waals surface area contributed by atoms with E-state index >= 15 is 0 Å². The molecule has 4 nitrogen and oxygen atoms in total. The first-order valence-corrected chi connectivity index (χ1v) is 1.90. The molecule has 0 aliphatic carbocycles. The van der Waals surface area contributed by atoms with Crippen LogP contribution in [0.4, 0.5) is 0 Å². The van der Waals surface area contributed by atoms with Crippen LogP contribution >= 0.6 is 0 Å². The van der Waals surface area contributed by atoms with E-state index in [0.717, 1.165) is 4.90 Å². The summed E-state index contributed by atoms with van der Waals surface area (Å²) in [5.41, 5.74) is 0. The zero-order chi connectivity index (χ0) is 5.70. The SMILES string of the molecule is C.C.C.C.OCN(CO)CO. The maximum Gasteiger partial charge on any atom is 0.0993 e. The van der Waals surface area contributed by atoms with Crippen LogP contribution < -0.4 is 0 Å². The van der Waals surface area contributed by atoms with Gasteiger partial charge in [0, 0.05) is 0 Å². The number of nitrogens with zero attached hydrogens (tertiary/aromatic N) is 1. The first-order valence-electron chi connectivity index (χ1n) is 1.90. The molecule has 0 aliphatic heterocycles. The molecule has 0 aromatic carbocycles. The Morgan fingerprint density at radius 1 is 0.636 bits per heavy atom. The molecule has 0 rings (SSSR count). The van der Waals surface area contributed by atoms with Crippen LogP contribution in [-0.2, 0) is 0 Å². The monoisotopic (exact) mass is 171 g/mol. The molecule has 11 heavy (non-hydrogen) atoms. The molecular formula is C7H25NO3. The average molecular weight is 171 g/mol. The first-order chi connectivity index (χ1) is 3.35. The number of aliphatic hydroxyl groups excluding tert-OH is 3. The van der Waals surface area contributed by atoms with Crippen LogP contribution in [0.3, 0.4) is 0 Å². The molecule has 0 bridgehead atoms. The minimum Gasteiger partial charge on any atom is -0.381 e. The third-order valence-electron chi connectivity index (χ3n) is 0.600. The largest absolute Gasteiger partial charge is 0.381 e. The predicted octanol–water partition coefficient (Wildman–Crippen LogP) is 0.682. The topological polar surface area (TPSA) is 63.9 Å². The van der Waals surface area contributed by atoms with Crippen molar-refractivity contribution in [3.05, 3.63) is 0 Å². The zero-order valence-electron chi connectivity index (χ0n) is 3.91. The highest BCUT2D eigenvalue weighted by Gasteiger charge is 1.93. The van der Waals surface area contributed by atoms with E-state index in [-0.39, 0.29) is 49.9 Å². The van der Waals surface area contributed by atoms with Crippen molar-refractivity contribution in [3.63, 3.8) is 0 Å². The number of hydrogen-bond donors (Lipinski definition) is 3. The van der Waals surface area contributed by atoms with Crippen molar-refractivity contribution in [1.29, 1.82) is 0 Å². The molecule has 76 valence electrons. The lowest BCUT2D eigenvalue weighted by atomic mass is 10.9. The quantitative estimate of drug-likeness (QED) is 0.546. The van der Waals surface area contributed by atoms with Crippen LogP contribution in [0, 0.1) is 0 Å². The average Bonchev–Trinajstić information content (AvgIpc) is 1.72. The molecule has 0 saturated carbocycles. The molecule has 4 heteroatoms. The van der Waals surface area contributed by atoms with Gasteiger partial charge in [0.25, 0.3) is 0 Å². The number of hydrogen-bond acceptors (Lipinski definition) is 4. The summed E-state index contributed by atoms with van der Waals surface area (Å²) in [7, 11) is 0. The van der Waals surface area contributed by atoms with Gasteiger partial charge in [0.2, 0.25) is 0 Å². The Morgan fingerprint density at radius 2 is 0.818 bits per heavy atom. The maximum absolute atomic E-state index is 8.13. The van der Waals surface area contributed by atoms with Gasteiger partial charge >= 0.3 is 0 Å². The van der Waals surface area contributed by atoms with Gasteiger partial charge in [-0.05, 0) is 0 Å². The molecule has 0 fully saturated rings. The van der Waals surface area contributed by atoms with Crippen molar-refractivity contribution in [1.82, 2.24) is 4.90 Å². The smallest absolute Gasteiger partial charge is 0.0993 e. The Bertz CT molecular complexity index is 35.2. The molecule has 0 aliphatic rings. The second-order valence-corrected chi connectivity index (χ2v) is 1.10. The highest BCUT2D eigenvalue weighted by Crippen LogP contribution is 1.75. The molecule has 0 atom stereocenters. The van der Waals surface area contributed by atoms with E-state index in [1.807, 2.05) is 0 Å². The standard InChI is InChI=1S/C3H9NO3.4CH4/c5-1-4(2-6)3-7;;;;/h5-7H,1-3H2;4*1H4. The third-order valence-corrected chi connectivity index (χ3v) is 0.600. The second-order valence-electron chi connectivity index (χ2n) is 1.10. The summed E-state index contributed by atoms with van der Waals surface area (Å²) in [6, 6.07) is 0. The summed E-state index contributed by atoms with van der Waals surface area (Å²) >= 11 is 0. The minimum atomic E-state index is -0.312. The molecule has 0 spiro atoms. The van der Waals surface area contributed by atoms with Crippen molar-refractivity contribution >= 4 is 0 Å². The van der Waals surface area contributed by atoms with E-state index in [4.69, 9.17) is 15.3 Å². The molecule has 0 unspecified atom stereocenters. The van der Waals surface area contributed by atoms with E-state index in [0.29, 0.717) is 0 Å². The summed E-state index contributed by atoms with van der Waals surface area (Å²) in [5.74, 6) is 0. The third kappa shape index (κ3) is 17.7. The van der Waals surface area contributed by atoms with E-state index < -0.39 is 0 Å². The molecule has 0 aromatic rings. The van der Waals surface area contributed by atoms with Crippen LogP contribution in [0.2, 0.25) is 0 Å². The second kappa shape index (κ2) is 22.5. The lowest BCUT2D eigenvalue weighted by molar-refractivity contribution is -0.0268. The van der Waals surface area contributed by atoms with Gasteiger partial charge in [0.05, 0.1) is 20.2 Å². The Balaban J connectivity index is -0.0000000300. The van der Waals surface area contributed by atoms with Crippen LogP contribution in [-0.4, -0.2) is 40.4 Å². The summed E-state index contributed by atoms with van der Waals surface area (Å²) < 4.78 is 0. The van der Waals surface area contributed by atoms with E-state index in [1.165, 1.54) is 0 Å². The molecule has 3 N–H and O–H groups in total. The number of rotatable bonds is 3. The van der Waals surface area contributed by atoms with Gasteiger partial charge < -0.3 is 15.3 Å². The lowest BCUT2D eigenvalue weighted by Gasteiger charge is -2.09. The highest BCUT2D eigenvalue weighted by molar-refractivity contribution is 4.28. The van der Waals surface area contributed by atoms with Crippen molar-refractivity contribution in [2.24, 2.45) is 0 Å². The Kier molecular flexibility index (Phi) is 63.1. The fraction of sp³-hybridized carbons (Fsp3) is 1.00. The van der Waals surface area contributed by atoms with Gasteiger partial charge in [-0.1, -0.05) is 29.7 Å². The lowest BCUT2D eigenvalue weighted by Crippen LogP contribution is -2.26. The van der Waals surface area contributed by atoms with E-state index in [1.54, 1.807) is 0 Å². The van der Waals surface area contributed by atoms with Gasteiger partial charge in [-0.15, -0.1) is 0 Å². The van der Waals surface area contributed by atoms with Crippen LogP contribution in [0.15, 0.2) is 0 Å². The molecule has 0 radical (unpaired) electrons. The molecule has 0 aromatic heterocycles. The first kappa shape index (κ1) is 30.8. The van der Waals surface area contributed by atoms with Crippen molar-refractivity contribution in [2.75, 3.05) is 20.2 Å². The zero-order valence-corrected chi connectivity index (χ0v) is 3.91. The Morgan fingerprint density at radius 3 is 0.818 bits per heavy atom. The molecular weight excluding hydrogens is 146 g/mol.